The number of nitrogens with one attached hydrogen (secondary N) is 1. The van der Waals surface area contributed by atoms with E-state index in [4.69, 9.17) is 10.8 Å². The predicted octanol–water partition coefficient (Wildman–Crippen LogP) is 1.15. The largest absolute Gasteiger partial charge is 0.399 e. The lowest BCUT2D eigenvalue weighted by Gasteiger charge is -1.96. The fourth-order valence-electron chi connectivity index (χ4n) is 1.29. The van der Waals surface area contributed by atoms with Crippen LogP contribution in [0, 0.1) is 0 Å². The summed E-state index contributed by atoms with van der Waals surface area (Å²) in [6.45, 7) is -0.0324. The van der Waals surface area contributed by atoms with Crippen molar-refractivity contribution in [2.24, 2.45) is 0 Å². The molecule has 0 spiro atoms. The van der Waals surface area contributed by atoms with Gasteiger partial charge in [0.05, 0.1) is 18.0 Å². The Bertz CT molecular complexity index is 436. The van der Waals surface area contributed by atoms with Crippen molar-refractivity contribution in [3.63, 3.8) is 0 Å². The number of nitrogen functional groups attached to an aromatic ring is 1. The van der Waals surface area contributed by atoms with E-state index in [0.29, 0.717) is 11.4 Å². The fraction of sp³-hybridized carbons (Fsp3) is 0.100. The molecule has 0 amide bonds. The molecule has 0 aliphatic carbocycles. The molecular formula is C10H11N3O. The van der Waals surface area contributed by atoms with Gasteiger partial charge >= 0.3 is 0 Å². The summed E-state index contributed by atoms with van der Waals surface area (Å²) in [6, 6.07) is 9.26. The molecule has 0 saturated carbocycles. The number of H-pyrrole nitrogens is 1. The van der Waals surface area contributed by atoms with Crippen LogP contribution in [0.15, 0.2) is 30.3 Å². The van der Waals surface area contributed by atoms with Crippen LogP contribution in [0.25, 0.3) is 11.3 Å². The quantitative estimate of drug-likeness (QED) is 0.620. The molecule has 0 aliphatic rings. The second kappa shape index (κ2) is 3.51. The number of rotatable bonds is 2. The lowest BCUT2D eigenvalue weighted by molar-refractivity contribution is 0.276. The molecule has 1 heterocycles. The van der Waals surface area contributed by atoms with Crippen molar-refractivity contribution >= 4 is 5.69 Å². The van der Waals surface area contributed by atoms with Crippen molar-refractivity contribution in [3.05, 3.63) is 36.0 Å². The molecule has 0 aliphatic heterocycles. The van der Waals surface area contributed by atoms with E-state index in [1.807, 2.05) is 24.3 Å². The fourth-order valence-corrected chi connectivity index (χ4v) is 1.29. The molecule has 72 valence electrons. The van der Waals surface area contributed by atoms with Gasteiger partial charge in [0.2, 0.25) is 0 Å². The van der Waals surface area contributed by atoms with E-state index in [1.54, 1.807) is 6.07 Å². The smallest absolute Gasteiger partial charge is 0.0925 e. The molecule has 4 nitrogen and oxygen atoms in total. The predicted molar refractivity (Wildman–Crippen MR) is 54.4 cm³/mol. The van der Waals surface area contributed by atoms with Crippen LogP contribution in [-0.4, -0.2) is 15.3 Å². The molecule has 0 bridgehead atoms. The SMILES string of the molecule is Nc1cccc(-c2cc(CO)[nH]n2)c1. The number of hydrogen-bond donors (Lipinski definition) is 3. The summed E-state index contributed by atoms with van der Waals surface area (Å²) in [5, 5.41) is 15.6. The maximum absolute atomic E-state index is 8.86. The topological polar surface area (TPSA) is 74.9 Å². The van der Waals surface area contributed by atoms with E-state index in [9.17, 15) is 0 Å². The number of benzene rings is 1. The van der Waals surface area contributed by atoms with Crippen molar-refractivity contribution in [2.75, 3.05) is 5.73 Å². The van der Waals surface area contributed by atoms with Crippen LogP contribution in [0.5, 0.6) is 0 Å². The minimum absolute atomic E-state index is 0.0324. The number of anilines is 1. The van der Waals surface area contributed by atoms with Crippen LogP contribution < -0.4 is 5.73 Å². The van der Waals surface area contributed by atoms with E-state index in [0.717, 1.165) is 11.3 Å². The number of aliphatic hydroxyl groups excluding tert-OH is 1. The normalized spacial score (nSPS) is 10.4. The van der Waals surface area contributed by atoms with Crippen LogP contribution >= 0.6 is 0 Å². The first kappa shape index (κ1) is 8.77. The highest BCUT2D eigenvalue weighted by Crippen LogP contribution is 2.19. The van der Waals surface area contributed by atoms with Gasteiger partial charge in [0.25, 0.3) is 0 Å². The third kappa shape index (κ3) is 1.60. The highest BCUT2D eigenvalue weighted by Gasteiger charge is 2.02. The van der Waals surface area contributed by atoms with Crippen molar-refractivity contribution in [1.82, 2.24) is 10.2 Å². The third-order valence-electron chi connectivity index (χ3n) is 1.98. The number of aliphatic hydroxyl groups is 1. The number of aromatic nitrogens is 2. The zero-order valence-electron chi connectivity index (χ0n) is 7.57. The van der Waals surface area contributed by atoms with E-state index < -0.39 is 0 Å². The summed E-state index contributed by atoms with van der Waals surface area (Å²) in [7, 11) is 0. The van der Waals surface area contributed by atoms with Gasteiger partial charge in [-0.15, -0.1) is 0 Å². The van der Waals surface area contributed by atoms with Crippen LogP contribution in [0.2, 0.25) is 0 Å². The molecule has 4 N–H and O–H groups in total. The Morgan fingerprint density at radius 3 is 2.86 bits per heavy atom. The maximum atomic E-state index is 8.86. The molecule has 14 heavy (non-hydrogen) atoms. The molecule has 0 unspecified atom stereocenters. The van der Waals surface area contributed by atoms with Gasteiger partial charge in [-0.3, -0.25) is 5.10 Å². The highest BCUT2D eigenvalue weighted by molar-refractivity contribution is 5.63. The summed E-state index contributed by atoms with van der Waals surface area (Å²) >= 11 is 0. The average Bonchev–Trinajstić information content (AvgIpc) is 2.66. The Kier molecular flexibility index (Phi) is 2.20. The van der Waals surface area contributed by atoms with Crippen molar-refractivity contribution in [3.8, 4) is 11.3 Å². The molecule has 0 atom stereocenters. The Morgan fingerprint density at radius 1 is 1.36 bits per heavy atom. The lowest BCUT2D eigenvalue weighted by Crippen LogP contribution is -1.84. The minimum Gasteiger partial charge on any atom is -0.399 e. The molecule has 2 aromatic rings. The second-order valence-electron chi connectivity index (χ2n) is 3.06. The van der Waals surface area contributed by atoms with Gasteiger partial charge in [0, 0.05) is 11.3 Å². The van der Waals surface area contributed by atoms with Crippen molar-refractivity contribution in [2.45, 2.75) is 6.61 Å². The summed E-state index contributed by atoms with van der Waals surface area (Å²) in [5.74, 6) is 0. The van der Waals surface area contributed by atoms with E-state index in [1.165, 1.54) is 0 Å². The molecule has 0 fully saturated rings. The molecule has 4 heteroatoms. The van der Waals surface area contributed by atoms with Gasteiger partial charge in [-0.25, -0.2) is 0 Å². The van der Waals surface area contributed by atoms with Crippen molar-refractivity contribution in [1.29, 1.82) is 0 Å². The number of hydrogen-bond acceptors (Lipinski definition) is 3. The zero-order chi connectivity index (χ0) is 9.97. The molecule has 1 aromatic heterocycles. The van der Waals surface area contributed by atoms with Crippen LogP contribution in [-0.2, 0) is 6.61 Å². The van der Waals surface area contributed by atoms with Crippen LogP contribution in [0.4, 0.5) is 5.69 Å². The molecule has 0 saturated heterocycles. The van der Waals surface area contributed by atoms with Gasteiger partial charge in [0.15, 0.2) is 0 Å². The maximum Gasteiger partial charge on any atom is 0.0925 e. The molecular weight excluding hydrogens is 178 g/mol. The first-order valence-electron chi connectivity index (χ1n) is 4.30. The summed E-state index contributed by atoms with van der Waals surface area (Å²) < 4.78 is 0. The standard InChI is InChI=1S/C10H11N3O/c11-8-3-1-2-7(4-8)10-5-9(6-14)12-13-10/h1-5,14H,6,11H2,(H,12,13). The number of aromatic amines is 1. The van der Waals surface area contributed by atoms with Crippen LogP contribution in [0.3, 0.4) is 0 Å². The number of nitrogens with two attached hydrogens (primary N) is 1. The third-order valence-corrected chi connectivity index (χ3v) is 1.98. The Morgan fingerprint density at radius 2 is 2.21 bits per heavy atom. The summed E-state index contributed by atoms with van der Waals surface area (Å²) in [5.41, 5.74) is 8.79. The Hall–Kier alpha value is -1.81. The second-order valence-corrected chi connectivity index (χ2v) is 3.06. The minimum atomic E-state index is -0.0324. The number of nitrogens with zero attached hydrogens (tertiary/aromatic N) is 1. The van der Waals surface area contributed by atoms with Gasteiger partial charge < -0.3 is 10.8 Å². The monoisotopic (exact) mass is 189 g/mol. The average molecular weight is 189 g/mol. The Labute approximate surface area is 81.4 Å². The summed E-state index contributed by atoms with van der Waals surface area (Å²) in [6.07, 6.45) is 0. The van der Waals surface area contributed by atoms with E-state index in [2.05, 4.69) is 10.2 Å². The van der Waals surface area contributed by atoms with Gasteiger partial charge in [-0.1, -0.05) is 12.1 Å². The van der Waals surface area contributed by atoms with Crippen molar-refractivity contribution < 1.29 is 5.11 Å². The molecule has 0 radical (unpaired) electrons. The van der Waals surface area contributed by atoms with Gasteiger partial charge in [-0.2, -0.15) is 5.10 Å². The first-order valence-corrected chi connectivity index (χ1v) is 4.30. The van der Waals surface area contributed by atoms with E-state index in [-0.39, 0.29) is 6.61 Å². The molecule has 1 aromatic carbocycles. The van der Waals surface area contributed by atoms with Crippen LogP contribution in [0.1, 0.15) is 5.69 Å². The summed E-state index contributed by atoms with van der Waals surface area (Å²) in [4.78, 5) is 0. The van der Waals surface area contributed by atoms with Gasteiger partial charge in [0.1, 0.15) is 0 Å². The lowest BCUT2D eigenvalue weighted by atomic mass is 10.1. The van der Waals surface area contributed by atoms with Gasteiger partial charge in [-0.05, 0) is 18.2 Å². The zero-order valence-corrected chi connectivity index (χ0v) is 7.57. The highest BCUT2D eigenvalue weighted by atomic mass is 16.3. The van der Waals surface area contributed by atoms with E-state index >= 15 is 0 Å². The molecule has 2 rings (SSSR count). The first-order chi connectivity index (χ1) is 6.79. The Balaban J connectivity index is 2.39.